The molecule has 2 aliphatic heterocycles. The molecule has 0 radical (unpaired) electrons. The quantitative estimate of drug-likeness (QED) is 0.306. The number of unbranched alkanes of at least 4 members (excludes halogenated alkanes) is 1. The van der Waals surface area contributed by atoms with E-state index in [0.29, 0.717) is 11.3 Å². The summed E-state index contributed by atoms with van der Waals surface area (Å²) in [6, 6.07) is 18.3. The molecule has 1 fully saturated rings. The number of benzene rings is 2. The zero-order chi connectivity index (χ0) is 22.2. The molecule has 2 aliphatic rings. The van der Waals surface area contributed by atoms with Crippen LogP contribution in [0.5, 0.6) is 0 Å². The van der Waals surface area contributed by atoms with Crippen LogP contribution < -0.4 is 10.6 Å². The van der Waals surface area contributed by atoms with Crippen molar-refractivity contribution in [2.24, 2.45) is 0 Å². The van der Waals surface area contributed by atoms with Crippen molar-refractivity contribution in [2.45, 2.75) is 71.6 Å². The Kier molecular flexibility index (Phi) is 6.61. The van der Waals surface area contributed by atoms with Gasteiger partial charge in [0.1, 0.15) is 21.9 Å². The molecule has 0 aliphatic carbocycles. The molecule has 31 heavy (non-hydrogen) atoms. The molecule has 0 unspecified atom stereocenters. The van der Waals surface area contributed by atoms with Crippen LogP contribution in [0.15, 0.2) is 72.3 Å². The summed E-state index contributed by atoms with van der Waals surface area (Å²) in [7, 11) is -3.33. The first kappa shape index (κ1) is 22.9. The fraction of sp³-hybridized carbons (Fsp3) is 0.429. The van der Waals surface area contributed by atoms with Gasteiger partial charge in [-0.15, -0.1) is 0 Å². The Labute approximate surface area is 191 Å². The largest absolute Gasteiger partial charge is 0.256 e. The molecule has 1 nitrogen and oxygen atoms in total. The van der Waals surface area contributed by atoms with E-state index in [1.54, 1.807) is 15.7 Å². The summed E-state index contributed by atoms with van der Waals surface area (Å²) in [4.78, 5) is 0. The summed E-state index contributed by atoms with van der Waals surface area (Å²) in [5.74, 6) is 0. The van der Waals surface area contributed by atoms with E-state index in [9.17, 15) is 0 Å². The van der Waals surface area contributed by atoms with E-state index in [4.69, 9.17) is 6.58 Å². The normalized spacial score (nSPS) is 24.0. The van der Waals surface area contributed by atoms with E-state index in [2.05, 4.69) is 99.7 Å². The fourth-order valence-electron chi connectivity index (χ4n) is 6.13. The Morgan fingerprint density at radius 2 is 1.29 bits per heavy atom. The molecule has 3 heteroatoms. The van der Waals surface area contributed by atoms with E-state index in [-0.39, 0.29) is 0 Å². The van der Waals surface area contributed by atoms with Crippen molar-refractivity contribution in [3.05, 3.63) is 83.4 Å². The standard InChI is InChI=1S/C28H39NP2/c1-7-10-21-29-30(25(8-2)19-20-26(30)9-3)24(6)31(29,27-17-13-11-15-22(27)4)28-18-14-12-16-23(28)5/h11-20,25-26H,6-10,21H2,1-5H3/q+2/t25-,26-/m1/s1. The number of aryl methyl sites for hydroxylation is 2. The molecule has 0 aromatic heterocycles. The Morgan fingerprint density at radius 3 is 1.71 bits per heavy atom. The minimum absolute atomic E-state index is 0.669. The SMILES string of the molecule is C=C1[P+](c2ccccc2C)(c2ccccc2C)N(CCCC)[P+]12[C@H](CC)C=C[C@H]2CC. The monoisotopic (exact) mass is 451 g/mol. The highest BCUT2D eigenvalue weighted by atomic mass is 31.3. The summed E-state index contributed by atoms with van der Waals surface area (Å²) in [5, 5.41) is 4.73. The molecule has 0 bridgehead atoms. The topological polar surface area (TPSA) is 3.24 Å². The van der Waals surface area contributed by atoms with Gasteiger partial charge in [-0.25, -0.2) is 0 Å². The highest BCUT2D eigenvalue weighted by Crippen LogP contribution is 3.04. The fourth-order valence-corrected chi connectivity index (χ4v) is 21.7. The zero-order valence-corrected chi connectivity index (χ0v) is 21.8. The summed E-state index contributed by atoms with van der Waals surface area (Å²) in [5.41, 5.74) is 4.19. The predicted molar refractivity (Wildman–Crippen MR) is 144 cm³/mol. The highest BCUT2D eigenvalue weighted by molar-refractivity contribution is 8.16. The second-order valence-electron chi connectivity index (χ2n) is 9.15. The van der Waals surface area contributed by atoms with Crippen molar-refractivity contribution in [3.63, 3.8) is 0 Å². The zero-order valence-electron chi connectivity index (χ0n) is 20.0. The molecule has 0 amide bonds. The number of nitrogens with zero attached hydrogens (tertiary/aromatic N) is 1. The number of allylic oxidation sites excluding steroid dienone is 2. The predicted octanol–water partition coefficient (Wildman–Crippen LogP) is 7.83. The van der Waals surface area contributed by atoms with Gasteiger partial charge in [-0.1, -0.05) is 63.6 Å². The summed E-state index contributed by atoms with van der Waals surface area (Å²) in [6.07, 6.45) is 10.1. The van der Waals surface area contributed by atoms with Gasteiger partial charge in [-0.3, -0.25) is 0 Å². The molecular weight excluding hydrogens is 412 g/mol. The van der Waals surface area contributed by atoms with Gasteiger partial charge in [0.15, 0.2) is 0 Å². The average molecular weight is 452 g/mol. The lowest BCUT2D eigenvalue weighted by molar-refractivity contribution is 0.603. The molecule has 4 rings (SSSR count). The summed E-state index contributed by atoms with van der Waals surface area (Å²) >= 11 is 0. The maximum atomic E-state index is 5.06. The first-order valence-corrected chi connectivity index (χ1v) is 15.7. The van der Waals surface area contributed by atoms with E-state index >= 15 is 0 Å². The van der Waals surface area contributed by atoms with Gasteiger partial charge in [0.05, 0.1) is 6.54 Å². The van der Waals surface area contributed by atoms with Crippen LogP contribution in [-0.2, 0) is 0 Å². The molecule has 0 saturated carbocycles. The minimum atomic E-state index is -1.85. The maximum absolute atomic E-state index is 5.06. The Balaban J connectivity index is 2.02. The molecule has 1 spiro atoms. The van der Waals surface area contributed by atoms with E-state index in [0.717, 1.165) is 0 Å². The molecule has 2 aromatic carbocycles. The molecule has 2 atom stereocenters. The van der Waals surface area contributed by atoms with E-state index < -0.39 is 14.8 Å². The van der Waals surface area contributed by atoms with Gasteiger partial charge in [-0.05, 0) is 79.5 Å². The Bertz CT molecular complexity index is 933. The lowest BCUT2D eigenvalue weighted by Gasteiger charge is -2.55. The van der Waals surface area contributed by atoms with E-state index in [1.807, 2.05) is 0 Å². The smallest absolute Gasteiger partial charge is 0.0653 e. The third-order valence-corrected chi connectivity index (χ3v) is 20.0. The first-order valence-electron chi connectivity index (χ1n) is 12.1. The molecule has 2 aromatic rings. The van der Waals surface area contributed by atoms with Crippen LogP contribution in [-0.4, -0.2) is 22.3 Å². The number of hydrogen-bond donors (Lipinski definition) is 0. The van der Waals surface area contributed by atoms with Gasteiger partial charge in [0.25, 0.3) is 7.41 Å². The van der Waals surface area contributed by atoms with Crippen LogP contribution in [0, 0.1) is 13.8 Å². The first-order chi connectivity index (χ1) is 15.0. The van der Waals surface area contributed by atoms with Crippen molar-refractivity contribution < 1.29 is 0 Å². The Hall–Kier alpha value is -1.26. The lowest BCUT2D eigenvalue weighted by Crippen LogP contribution is -2.52. The maximum Gasteiger partial charge on any atom is 0.256 e. The third kappa shape index (κ3) is 3.08. The molecule has 1 saturated heterocycles. The number of rotatable bonds is 7. The van der Waals surface area contributed by atoms with Gasteiger partial charge in [0.2, 0.25) is 12.5 Å². The van der Waals surface area contributed by atoms with Crippen molar-refractivity contribution in [1.82, 2.24) is 4.44 Å². The highest BCUT2D eigenvalue weighted by Gasteiger charge is 2.87. The minimum Gasteiger partial charge on any atom is -0.0653 e. The number of hydrogen-bond acceptors (Lipinski definition) is 1. The summed E-state index contributed by atoms with van der Waals surface area (Å²) < 4.78 is 3.11. The van der Waals surface area contributed by atoms with Crippen molar-refractivity contribution >= 4 is 25.4 Å². The van der Waals surface area contributed by atoms with Crippen LogP contribution in [0.2, 0.25) is 0 Å². The van der Waals surface area contributed by atoms with Crippen LogP contribution >= 0.6 is 14.8 Å². The summed E-state index contributed by atoms with van der Waals surface area (Å²) in [6.45, 7) is 18.0. The van der Waals surface area contributed by atoms with E-state index in [1.165, 1.54) is 43.4 Å². The molecule has 0 N–H and O–H groups in total. The lowest BCUT2D eigenvalue weighted by atomic mass is 10.2. The van der Waals surface area contributed by atoms with Crippen molar-refractivity contribution in [2.75, 3.05) is 6.54 Å². The van der Waals surface area contributed by atoms with Gasteiger partial charge < -0.3 is 0 Å². The molecule has 2 heterocycles. The van der Waals surface area contributed by atoms with Crippen LogP contribution in [0.25, 0.3) is 0 Å². The van der Waals surface area contributed by atoms with Gasteiger partial charge in [0, 0.05) is 0 Å². The molecule has 164 valence electrons. The Morgan fingerprint density at radius 1 is 0.806 bits per heavy atom. The second kappa shape index (κ2) is 8.94. The third-order valence-electron chi connectivity index (χ3n) is 7.56. The van der Waals surface area contributed by atoms with Crippen LogP contribution in [0.3, 0.4) is 0 Å². The molecular formula is C28H39NP2+2. The van der Waals surface area contributed by atoms with Gasteiger partial charge >= 0.3 is 0 Å². The van der Waals surface area contributed by atoms with Crippen LogP contribution in [0.1, 0.15) is 57.6 Å². The second-order valence-corrected chi connectivity index (χ2v) is 16.9. The van der Waals surface area contributed by atoms with Crippen LogP contribution in [0.4, 0.5) is 0 Å². The van der Waals surface area contributed by atoms with Gasteiger partial charge in [-0.2, -0.15) is 0 Å². The average Bonchev–Trinajstić information content (AvgIpc) is 3.18. The van der Waals surface area contributed by atoms with Crippen molar-refractivity contribution in [3.8, 4) is 0 Å². The van der Waals surface area contributed by atoms with Crippen molar-refractivity contribution in [1.29, 1.82) is 0 Å².